The summed E-state index contributed by atoms with van der Waals surface area (Å²) in [6, 6.07) is 6.98. The van der Waals surface area contributed by atoms with Crippen molar-refractivity contribution in [2.24, 2.45) is 0 Å². The number of carboxylic acids is 1. The van der Waals surface area contributed by atoms with Gasteiger partial charge in [0.2, 0.25) is 5.43 Å². The van der Waals surface area contributed by atoms with E-state index in [-0.39, 0.29) is 38.5 Å². The molecule has 0 saturated heterocycles. The highest BCUT2D eigenvalue weighted by Crippen LogP contribution is 2.30. The summed E-state index contributed by atoms with van der Waals surface area (Å²) in [6.45, 7) is 5.56. The number of aromatic carboxylic acids is 1. The summed E-state index contributed by atoms with van der Waals surface area (Å²) in [5.41, 5.74) is 0.755. The lowest BCUT2D eigenvalue weighted by molar-refractivity contribution is 0.0697. The highest BCUT2D eigenvalue weighted by atomic mass is 32.2. The lowest BCUT2D eigenvalue weighted by Crippen LogP contribution is -2.10. The van der Waals surface area contributed by atoms with Crippen LogP contribution in [0.15, 0.2) is 44.4 Å². The average molecular weight is 388 g/mol. The molecule has 6 nitrogen and oxygen atoms in total. The van der Waals surface area contributed by atoms with Gasteiger partial charge in [-0.2, -0.15) is 0 Å². The number of fused-ring (bicyclic) bond motifs is 2. The summed E-state index contributed by atoms with van der Waals surface area (Å²) in [4.78, 5) is 24.3. The van der Waals surface area contributed by atoms with Crippen molar-refractivity contribution in [3.8, 4) is 0 Å². The van der Waals surface area contributed by atoms with Crippen LogP contribution in [0.3, 0.4) is 0 Å². The molecule has 1 N–H and O–H groups in total. The Balaban J connectivity index is 2.46. The van der Waals surface area contributed by atoms with Gasteiger partial charge in [-0.3, -0.25) is 4.79 Å². The van der Waals surface area contributed by atoms with E-state index in [9.17, 15) is 18.0 Å². The molecule has 27 heavy (non-hydrogen) atoms. The number of sulfone groups is 1. The Hall–Kier alpha value is -2.67. The van der Waals surface area contributed by atoms with Crippen LogP contribution < -0.4 is 5.43 Å². The predicted octanol–water partition coefficient (Wildman–Crippen LogP) is 3.95. The summed E-state index contributed by atoms with van der Waals surface area (Å²) in [5, 5.41) is 9.42. The molecule has 0 fully saturated rings. The van der Waals surface area contributed by atoms with E-state index in [1.165, 1.54) is 24.3 Å². The summed E-state index contributed by atoms with van der Waals surface area (Å²) in [5.74, 6) is -1.24. The highest BCUT2D eigenvalue weighted by Gasteiger charge is 2.21. The third-order valence-corrected chi connectivity index (χ3v) is 6.37. The second kappa shape index (κ2) is 6.81. The van der Waals surface area contributed by atoms with Crippen molar-refractivity contribution in [2.45, 2.75) is 38.0 Å². The summed E-state index contributed by atoms with van der Waals surface area (Å²) < 4.78 is 31.0. The van der Waals surface area contributed by atoms with Crippen LogP contribution in [0.25, 0.3) is 21.9 Å². The largest absolute Gasteiger partial charge is 0.478 e. The zero-order chi connectivity index (χ0) is 19.9. The Bertz CT molecular complexity index is 1220. The fraction of sp³-hybridized carbons (Fsp3) is 0.300. The van der Waals surface area contributed by atoms with Crippen molar-refractivity contribution in [2.75, 3.05) is 5.75 Å². The van der Waals surface area contributed by atoms with Crippen LogP contribution in [0.5, 0.6) is 0 Å². The Labute approximate surface area is 156 Å². The van der Waals surface area contributed by atoms with Crippen LogP contribution in [0, 0.1) is 0 Å². The van der Waals surface area contributed by atoms with Gasteiger partial charge in [0.15, 0.2) is 9.84 Å². The van der Waals surface area contributed by atoms with E-state index in [1.807, 2.05) is 13.8 Å². The van der Waals surface area contributed by atoms with Crippen LogP contribution in [0.1, 0.15) is 49.0 Å². The maximum atomic E-state index is 13.0. The van der Waals surface area contributed by atoms with Gasteiger partial charge in [0, 0.05) is 0 Å². The van der Waals surface area contributed by atoms with E-state index >= 15 is 0 Å². The fourth-order valence-corrected chi connectivity index (χ4v) is 4.46. The van der Waals surface area contributed by atoms with Crippen molar-refractivity contribution >= 4 is 37.7 Å². The van der Waals surface area contributed by atoms with Crippen LogP contribution in [-0.4, -0.2) is 25.2 Å². The number of hydrogen-bond acceptors (Lipinski definition) is 5. The topological polar surface area (TPSA) is 102 Å². The third-order valence-electron chi connectivity index (χ3n) is 4.47. The second-order valence-electron chi connectivity index (χ2n) is 6.81. The molecule has 0 aliphatic heterocycles. The molecule has 0 unspecified atom stereocenters. The maximum Gasteiger partial charge on any atom is 0.335 e. The molecule has 0 spiro atoms. The molecular weight excluding hydrogens is 368 g/mol. The molecule has 0 aliphatic rings. The minimum absolute atomic E-state index is 0.0158. The normalized spacial score (nSPS) is 12.1. The number of rotatable bonds is 5. The number of benzene rings is 2. The highest BCUT2D eigenvalue weighted by molar-refractivity contribution is 7.91. The van der Waals surface area contributed by atoms with E-state index in [1.54, 1.807) is 13.0 Å². The van der Waals surface area contributed by atoms with Crippen molar-refractivity contribution in [1.29, 1.82) is 0 Å². The first-order chi connectivity index (χ1) is 12.7. The number of carboxylic acid groups (broad SMARTS) is 1. The zero-order valence-corrected chi connectivity index (χ0v) is 16.1. The summed E-state index contributed by atoms with van der Waals surface area (Å²) in [6.07, 6.45) is 0.464. The fourth-order valence-electron chi connectivity index (χ4n) is 3.09. The van der Waals surface area contributed by atoms with Gasteiger partial charge < -0.3 is 9.52 Å². The molecule has 0 radical (unpaired) electrons. The molecule has 7 heteroatoms. The van der Waals surface area contributed by atoms with Crippen LogP contribution in [0.2, 0.25) is 0 Å². The maximum absolute atomic E-state index is 13.0. The molecule has 0 atom stereocenters. The second-order valence-corrected chi connectivity index (χ2v) is 8.92. The molecule has 0 aliphatic carbocycles. The van der Waals surface area contributed by atoms with Gasteiger partial charge in [0.25, 0.3) is 0 Å². The first-order valence-electron chi connectivity index (χ1n) is 8.66. The molecular formula is C20H20O6S. The molecule has 3 aromatic rings. The monoisotopic (exact) mass is 388 g/mol. The summed E-state index contributed by atoms with van der Waals surface area (Å²) in [7, 11) is -3.52. The molecule has 2 aromatic carbocycles. The van der Waals surface area contributed by atoms with Gasteiger partial charge in [-0.25, -0.2) is 13.2 Å². The first kappa shape index (κ1) is 19.1. The van der Waals surface area contributed by atoms with E-state index in [2.05, 4.69) is 0 Å². The van der Waals surface area contributed by atoms with Crippen molar-refractivity contribution < 1.29 is 22.7 Å². The molecule has 3 rings (SSSR count). The molecule has 0 amide bonds. The van der Waals surface area contributed by atoms with E-state index < -0.39 is 21.2 Å². The molecule has 1 aromatic heterocycles. The van der Waals surface area contributed by atoms with Gasteiger partial charge in [-0.1, -0.05) is 20.8 Å². The molecule has 1 heterocycles. The summed E-state index contributed by atoms with van der Waals surface area (Å²) >= 11 is 0. The number of hydrogen-bond donors (Lipinski definition) is 1. The third kappa shape index (κ3) is 3.35. The minimum atomic E-state index is -3.52. The van der Waals surface area contributed by atoms with Crippen LogP contribution >= 0.6 is 0 Å². The number of carbonyl (C=O) groups is 1. The van der Waals surface area contributed by atoms with Gasteiger partial charge in [0.1, 0.15) is 11.2 Å². The quantitative estimate of drug-likeness (QED) is 0.664. The van der Waals surface area contributed by atoms with E-state index in [4.69, 9.17) is 9.52 Å². The van der Waals surface area contributed by atoms with Gasteiger partial charge in [0.05, 0.1) is 27.0 Å². The minimum Gasteiger partial charge on any atom is -0.478 e. The van der Waals surface area contributed by atoms with Crippen molar-refractivity contribution in [1.82, 2.24) is 0 Å². The Morgan fingerprint density at radius 3 is 2.44 bits per heavy atom. The van der Waals surface area contributed by atoms with Crippen molar-refractivity contribution in [3.63, 3.8) is 0 Å². The zero-order valence-electron chi connectivity index (χ0n) is 15.3. The lowest BCUT2D eigenvalue weighted by Gasteiger charge is -2.13. The van der Waals surface area contributed by atoms with Gasteiger partial charge in [-0.15, -0.1) is 0 Å². The molecule has 0 bridgehead atoms. The van der Waals surface area contributed by atoms with Gasteiger partial charge in [-0.05, 0) is 48.2 Å². The molecule has 142 valence electrons. The Morgan fingerprint density at radius 2 is 1.85 bits per heavy atom. The van der Waals surface area contributed by atoms with Crippen molar-refractivity contribution in [3.05, 3.63) is 51.7 Å². The van der Waals surface area contributed by atoms with Crippen LogP contribution in [-0.2, 0) is 9.84 Å². The Morgan fingerprint density at radius 1 is 1.15 bits per heavy atom. The van der Waals surface area contributed by atoms with E-state index in [0.717, 1.165) is 0 Å². The molecule has 0 saturated carbocycles. The Kier molecular flexibility index (Phi) is 4.82. The van der Waals surface area contributed by atoms with Gasteiger partial charge >= 0.3 is 5.97 Å². The standard InChI is InChI=1S/C20H20O6S/c1-4-7-27(24,25)13-9-14(11(2)3)19-16(10-13)18(21)15-8-12(20(22)23)5-6-17(15)26-19/h5-6,8-11H,4,7H2,1-3H3,(H,22,23). The average Bonchev–Trinajstić information content (AvgIpc) is 2.60. The predicted molar refractivity (Wildman–Crippen MR) is 103 cm³/mol. The lowest BCUT2D eigenvalue weighted by atomic mass is 9.99. The first-order valence-corrected chi connectivity index (χ1v) is 10.3. The SMILES string of the molecule is CCCS(=O)(=O)c1cc(C(C)C)c2oc3ccc(C(=O)O)cc3c(=O)c2c1. The van der Waals surface area contributed by atoms with E-state index in [0.29, 0.717) is 17.6 Å². The smallest absolute Gasteiger partial charge is 0.335 e. The van der Waals surface area contributed by atoms with Crippen LogP contribution in [0.4, 0.5) is 0 Å².